The van der Waals surface area contributed by atoms with Crippen LogP contribution in [0.15, 0.2) is 78.2 Å². The van der Waals surface area contributed by atoms with E-state index < -0.39 is 0 Å². The molecule has 0 aliphatic rings. The van der Waals surface area contributed by atoms with Crippen LogP contribution in [-0.4, -0.2) is 10.9 Å². The molecule has 2 heterocycles. The Labute approximate surface area is 172 Å². The van der Waals surface area contributed by atoms with Crippen molar-refractivity contribution in [2.45, 2.75) is 19.4 Å². The lowest BCUT2D eigenvalue weighted by molar-refractivity contribution is -0.121. The molecule has 0 saturated carbocycles. The lowest BCUT2D eigenvalue weighted by atomic mass is 9.90. The first-order valence-corrected chi connectivity index (χ1v) is 10.8. The third kappa shape index (κ3) is 4.21. The van der Waals surface area contributed by atoms with Crippen molar-refractivity contribution in [2.75, 3.05) is 0 Å². The number of hydrogen-bond acceptors (Lipinski definition) is 4. The Bertz CT molecular complexity index is 1010. The lowest BCUT2D eigenvalue weighted by Crippen LogP contribution is -2.29. The number of thiophene rings is 1. The zero-order valence-corrected chi connectivity index (χ0v) is 17.1. The molecule has 0 aliphatic carbocycles. The highest BCUT2D eigenvalue weighted by Crippen LogP contribution is 2.29. The van der Waals surface area contributed by atoms with E-state index in [9.17, 15) is 4.79 Å². The molecule has 4 rings (SSSR count). The second kappa shape index (κ2) is 8.50. The fraction of sp³-hybridized carbons (Fsp3) is 0.130. The smallest absolute Gasteiger partial charge is 0.232 e. The van der Waals surface area contributed by atoms with Crippen molar-refractivity contribution < 1.29 is 4.79 Å². The molecule has 1 N–H and O–H groups in total. The Hall–Kier alpha value is -2.76. The van der Waals surface area contributed by atoms with E-state index in [4.69, 9.17) is 0 Å². The van der Waals surface area contributed by atoms with Crippen LogP contribution < -0.4 is 5.32 Å². The first-order valence-electron chi connectivity index (χ1n) is 9.09. The molecule has 0 fully saturated rings. The fourth-order valence-electron chi connectivity index (χ4n) is 3.15. The van der Waals surface area contributed by atoms with Gasteiger partial charge in [0.05, 0.1) is 28.0 Å². The van der Waals surface area contributed by atoms with Crippen molar-refractivity contribution >= 4 is 28.6 Å². The summed E-state index contributed by atoms with van der Waals surface area (Å²) in [4.78, 5) is 19.9. The van der Waals surface area contributed by atoms with Gasteiger partial charge in [-0.1, -0.05) is 60.7 Å². The quantitative estimate of drug-likeness (QED) is 0.453. The molecule has 0 radical (unpaired) electrons. The van der Waals surface area contributed by atoms with Crippen LogP contribution >= 0.6 is 22.7 Å². The van der Waals surface area contributed by atoms with Gasteiger partial charge in [-0.2, -0.15) is 0 Å². The average Bonchev–Trinajstić information content (AvgIpc) is 3.37. The van der Waals surface area contributed by atoms with E-state index >= 15 is 0 Å². The van der Waals surface area contributed by atoms with Crippen LogP contribution in [0.5, 0.6) is 0 Å². The van der Waals surface area contributed by atoms with Crippen molar-refractivity contribution in [2.24, 2.45) is 0 Å². The molecular weight excluding hydrogens is 384 g/mol. The second-order valence-electron chi connectivity index (χ2n) is 6.49. The minimum Gasteiger partial charge on any atom is -0.350 e. The molecule has 0 saturated heterocycles. The average molecular weight is 405 g/mol. The van der Waals surface area contributed by atoms with Crippen LogP contribution in [0.4, 0.5) is 0 Å². The van der Waals surface area contributed by atoms with Crippen molar-refractivity contribution in [3.05, 3.63) is 99.2 Å². The molecule has 0 aliphatic heterocycles. The lowest BCUT2D eigenvalue weighted by Gasteiger charge is -2.17. The Kier molecular flexibility index (Phi) is 5.65. The highest BCUT2D eigenvalue weighted by molar-refractivity contribution is 7.16. The number of carbonyl (C=O) groups is 1. The van der Waals surface area contributed by atoms with Gasteiger partial charge in [0.1, 0.15) is 0 Å². The molecule has 3 nitrogen and oxygen atoms in total. The Balaban J connectivity index is 1.50. The van der Waals surface area contributed by atoms with E-state index in [1.807, 2.05) is 67.6 Å². The third-order valence-electron chi connectivity index (χ3n) is 4.50. The van der Waals surface area contributed by atoms with Crippen molar-refractivity contribution in [3.8, 4) is 10.6 Å². The molecule has 140 valence electrons. The van der Waals surface area contributed by atoms with Gasteiger partial charge in [0.2, 0.25) is 5.91 Å². The highest BCUT2D eigenvalue weighted by Gasteiger charge is 2.22. The molecule has 1 amide bonds. The Morgan fingerprint density at radius 1 is 0.964 bits per heavy atom. The number of amides is 1. The first kappa shape index (κ1) is 18.6. The van der Waals surface area contributed by atoms with E-state index in [1.165, 1.54) is 0 Å². The molecule has 0 atom stereocenters. The molecule has 5 heteroatoms. The molecule has 28 heavy (non-hydrogen) atoms. The van der Waals surface area contributed by atoms with Crippen molar-refractivity contribution in [1.29, 1.82) is 0 Å². The zero-order valence-electron chi connectivity index (χ0n) is 15.5. The van der Waals surface area contributed by atoms with E-state index in [-0.39, 0.29) is 11.8 Å². The summed E-state index contributed by atoms with van der Waals surface area (Å²) in [6, 6.07) is 24.0. The van der Waals surface area contributed by atoms with Gasteiger partial charge in [-0.3, -0.25) is 4.79 Å². The maximum absolute atomic E-state index is 13.1. The number of benzene rings is 2. The van der Waals surface area contributed by atoms with Gasteiger partial charge < -0.3 is 5.32 Å². The van der Waals surface area contributed by atoms with E-state index in [2.05, 4.69) is 27.8 Å². The predicted octanol–water partition coefficient (Wildman–Crippen LogP) is 5.63. The SMILES string of the molecule is Cc1nc(-c2ccc(CNC(=O)C(c3ccccc3)c3ccccc3)s2)cs1. The number of nitrogens with zero attached hydrogens (tertiary/aromatic N) is 1. The fourth-order valence-corrected chi connectivity index (χ4v) is 4.75. The number of nitrogens with one attached hydrogen (secondary N) is 1. The maximum Gasteiger partial charge on any atom is 0.232 e. The van der Waals surface area contributed by atoms with Crippen LogP contribution in [0.1, 0.15) is 26.9 Å². The normalized spacial score (nSPS) is 10.9. The number of aromatic nitrogens is 1. The predicted molar refractivity (Wildman–Crippen MR) is 117 cm³/mol. The van der Waals surface area contributed by atoms with E-state index in [0.717, 1.165) is 31.6 Å². The van der Waals surface area contributed by atoms with Gasteiger partial charge in [0.15, 0.2) is 0 Å². The van der Waals surface area contributed by atoms with Crippen LogP contribution in [0.3, 0.4) is 0 Å². The maximum atomic E-state index is 13.1. The molecule has 0 unspecified atom stereocenters. The molecule has 4 aromatic rings. The monoisotopic (exact) mass is 404 g/mol. The topological polar surface area (TPSA) is 42.0 Å². The highest BCUT2D eigenvalue weighted by atomic mass is 32.1. The minimum atomic E-state index is -0.317. The number of aryl methyl sites for hydroxylation is 1. The largest absolute Gasteiger partial charge is 0.350 e. The van der Waals surface area contributed by atoms with E-state index in [0.29, 0.717) is 6.54 Å². The molecule has 2 aromatic carbocycles. The van der Waals surface area contributed by atoms with Crippen LogP contribution in [0.2, 0.25) is 0 Å². The van der Waals surface area contributed by atoms with E-state index in [1.54, 1.807) is 22.7 Å². The number of rotatable bonds is 6. The minimum absolute atomic E-state index is 0.0110. The van der Waals surface area contributed by atoms with Gasteiger partial charge in [0.25, 0.3) is 0 Å². The molecular formula is C23H20N2OS2. The van der Waals surface area contributed by atoms with Crippen LogP contribution in [-0.2, 0) is 11.3 Å². The standard InChI is InChI=1S/C23H20N2OS2/c1-16-25-20(15-27-16)21-13-12-19(28-21)14-24-23(26)22(17-8-4-2-5-9-17)18-10-6-3-7-11-18/h2-13,15,22H,14H2,1H3,(H,24,26). The van der Waals surface area contributed by atoms with Crippen molar-refractivity contribution in [3.63, 3.8) is 0 Å². The first-order chi connectivity index (χ1) is 13.7. The number of thiazole rings is 1. The summed E-state index contributed by atoms with van der Waals surface area (Å²) in [5.74, 6) is -0.306. The van der Waals surface area contributed by atoms with Gasteiger partial charge in [-0.05, 0) is 30.2 Å². The molecule has 2 aromatic heterocycles. The number of hydrogen-bond donors (Lipinski definition) is 1. The number of carbonyl (C=O) groups excluding carboxylic acids is 1. The Morgan fingerprint density at radius 2 is 1.61 bits per heavy atom. The molecule has 0 bridgehead atoms. The summed E-state index contributed by atoms with van der Waals surface area (Å²) in [6.45, 7) is 2.53. The summed E-state index contributed by atoms with van der Waals surface area (Å²) < 4.78 is 0. The van der Waals surface area contributed by atoms with Crippen molar-refractivity contribution in [1.82, 2.24) is 10.3 Å². The van der Waals surface area contributed by atoms with Gasteiger partial charge in [-0.25, -0.2) is 4.98 Å². The van der Waals surface area contributed by atoms with Gasteiger partial charge in [-0.15, -0.1) is 22.7 Å². The van der Waals surface area contributed by atoms with Gasteiger partial charge in [0, 0.05) is 10.3 Å². The summed E-state index contributed by atoms with van der Waals surface area (Å²) in [7, 11) is 0. The second-order valence-corrected chi connectivity index (χ2v) is 8.72. The Morgan fingerprint density at radius 3 is 2.18 bits per heavy atom. The van der Waals surface area contributed by atoms with Gasteiger partial charge >= 0.3 is 0 Å². The molecule has 0 spiro atoms. The summed E-state index contributed by atoms with van der Waals surface area (Å²) >= 11 is 3.33. The van der Waals surface area contributed by atoms with Crippen LogP contribution in [0, 0.1) is 6.92 Å². The summed E-state index contributed by atoms with van der Waals surface area (Å²) in [5, 5.41) is 6.26. The van der Waals surface area contributed by atoms with Crippen LogP contribution in [0.25, 0.3) is 10.6 Å². The summed E-state index contributed by atoms with van der Waals surface area (Å²) in [5.41, 5.74) is 3.00. The third-order valence-corrected chi connectivity index (χ3v) is 6.38. The summed E-state index contributed by atoms with van der Waals surface area (Å²) in [6.07, 6.45) is 0. The zero-order chi connectivity index (χ0) is 19.3.